The number of rotatable bonds is 2. The zero-order chi connectivity index (χ0) is 7.40. The second-order valence-electron chi connectivity index (χ2n) is 2.52. The zero-order valence-electron chi connectivity index (χ0n) is 7.01. The topological polar surface area (TPSA) is 18.5 Å². The van der Waals surface area contributed by atoms with E-state index < -0.39 is 0 Å². The molecule has 1 fully saturated rings. The Kier molecular flexibility index (Phi) is 6.54. The first-order valence-corrected chi connectivity index (χ1v) is 3.91. The van der Waals surface area contributed by atoms with Crippen molar-refractivity contribution in [3.05, 3.63) is 6.92 Å². The SMILES string of the molecule is [CH2-]CC1OCCOC1CC.[Ti]. The van der Waals surface area contributed by atoms with Crippen LogP contribution >= 0.6 is 0 Å². The third-order valence-corrected chi connectivity index (χ3v) is 1.85. The first-order valence-electron chi connectivity index (χ1n) is 3.91. The Hall–Kier alpha value is 0.634. The molecule has 11 heavy (non-hydrogen) atoms. The van der Waals surface area contributed by atoms with Crippen molar-refractivity contribution in [2.45, 2.75) is 32.0 Å². The van der Waals surface area contributed by atoms with E-state index in [1.807, 2.05) is 0 Å². The van der Waals surface area contributed by atoms with E-state index in [0.717, 1.165) is 26.1 Å². The monoisotopic (exact) mass is 191 g/mol. The van der Waals surface area contributed by atoms with E-state index in [0.29, 0.717) is 0 Å². The molecule has 3 heteroatoms. The predicted octanol–water partition coefficient (Wildman–Crippen LogP) is 1.40. The summed E-state index contributed by atoms with van der Waals surface area (Å²) in [4.78, 5) is 0. The molecule has 64 valence electrons. The van der Waals surface area contributed by atoms with Crippen LogP contribution in [0.3, 0.4) is 0 Å². The first-order chi connectivity index (χ1) is 4.88. The van der Waals surface area contributed by atoms with E-state index >= 15 is 0 Å². The van der Waals surface area contributed by atoms with Crippen molar-refractivity contribution in [2.75, 3.05) is 13.2 Å². The van der Waals surface area contributed by atoms with Crippen molar-refractivity contribution in [3.63, 3.8) is 0 Å². The molecule has 0 amide bonds. The van der Waals surface area contributed by atoms with Gasteiger partial charge in [0.05, 0.1) is 25.4 Å². The molecule has 0 aromatic carbocycles. The Balaban J connectivity index is 0.000001000. The summed E-state index contributed by atoms with van der Waals surface area (Å²) in [6, 6.07) is 0. The van der Waals surface area contributed by atoms with E-state index in [1.165, 1.54) is 0 Å². The number of hydrogen-bond acceptors (Lipinski definition) is 2. The quantitative estimate of drug-likeness (QED) is 0.485. The molecule has 0 aromatic heterocycles. The van der Waals surface area contributed by atoms with Crippen molar-refractivity contribution in [1.82, 2.24) is 0 Å². The summed E-state index contributed by atoms with van der Waals surface area (Å²) in [6.07, 6.45) is 2.36. The standard InChI is InChI=1S/C8H15O2.Ti/c1-3-7-8(4-2)10-6-5-9-7;/h7-8H,1,3-6H2,2H3;/q-1;. The van der Waals surface area contributed by atoms with Crippen molar-refractivity contribution in [1.29, 1.82) is 0 Å². The summed E-state index contributed by atoms with van der Waals surface area (Å²) in [7, 11) is 0. The molecular weight excluding hydrogens is 176 g/mol. The van der Waals surface area contributed by atoms with Crippen LogP contribution < -0.4 is 0 Å². The average Bonchev–Trinajstić information content (AvgIpc) is 2.04. The minimum Gasteiger partial charge on any atom is -0.376 e. The fourth-order valence-corrected chi connectivity index (χ4v) is 1.26. The largest absolute Gasteiger partial charge is 0.376 e. The molecule has 0 N–H and O–H groups in total. The molecule has 0 radical (unpaired) electrons. The van der Waals surface area contributed by atoms with E-state index in [1.54, 1.807) is 0 Å². The third kappa shape index (κ3) is 3.24. The molecule has 2 unspecified atom stereocenters. The molecule has 1 aliphatic heterocycles. The van der Waals surface area contributed by atoms with Crippen molar-refractivity contribution >= 4 is 0 Å². The van der Waals surface area contributed by atoms with Gasteiger partial charge < -0.3 is 16.4 Å². The maximum atomic E-state index is 5.47. The van der Waals surface area contributed by atoms with Gasteiger partial charge in [0.2, 0.25) is 0 Å². The first kappa shape index (κ1) is 11.6. The van der Waals surface area contributed by atoms with Crippen LogP contribution in [-0.2, 0) is 31.2 Å². The predicted molar refractivity (Wildman–Crippen MR) is 39.7 cm³/mol. The van der Waals surface area contributed by atoms with Gasteiger partial charge in [-0.3, -0.25) is 0 Å². The van der Waals surface area contributed by atoms with E-state index in [9.17, 15) is 0 Å². The molecule has 1 rings (SSSR count). The molecule has 2 nitrogen and oxygen atoms in total. The van der Waals surface area contributed by atoms with E-state index in [-0.39, 0.29) is 33.9 Å². The van der Waals surface area contributed by atoms with Gasteiger partial charge in [0.1, 0.15) is 0 Å². The average molecular weight is 191 g/mol. The minimum absolute atomic E-state index is 0. The molecule has 0 aromatic rings. The van der Waals surface area contributed by atoms with Crippen molar-refractivity contribution in [2.24, 2.45) is 0 Å². The fourth-order valence-electron chi connectivity index (χ4n) is 1.26. The molecule has 1 saturated heterocycles. The summed E-state index contributed by atoms with van der Waals surface area (Å²) in [5.41, 5.74) is 0. The van der Waals surface area contributed by atoms with Crippen LogP contribution in [0.25, 0.3) is 0 Å². The van der Waals surface area contributed by atoms with Crippen LogP contribution in [0.1, 0.15) is 19.8 Å². The van der Waals surface area contributed by atoms with Gasteiger partial charge in [-0.15, -0.1) is 0 Å². The summed E-state index contributed by atoms with van der Waals surface area (Å²) >= 11 is 0. The molecule has 0 aliphatic carbocycles. The maximum Gasteiger partial charge on any atom is 0.0809 e. The van der Waals surface area contributed by atoms with Gasteiger partial charge >= 0.3 is 0 Å². The summed E-state index contributed by atoms with van der Waals surface area (Å²) < 4.78 is 10.9. The Morgan fingerprint density at radius 3 is 2.18 bits per heavy atom. The van der Waals surface area contributed by atoms with Gasteiger partial charge in [0.15, 0.2) is 0 Å². The van der Waals surface area contributed by atoms with E-state index in [4.69, 9.17) is 9.47 Å². The minimum atomic E-state index is 0. The number of ether oxygens (including phenoxy) is 2. The van der Waals surface area contributed by atoms with Gasteiger partial charge in [0, 0.05) is 21.7 Å². The number of hydrogen-bond donors (Lipinski definition) is 0. The van der Waals surface area contributed by atoms with Gasteiger partial charge in [-0.1, -0.05) is 6.92 Å². The Morgan fingerprint density at radius 1 is 1.27 bits per heavy atom. The molecule has 2 atom stereocenters. The van der Waals surface area contributed by atoms with Gasteiger partial charge in [0.25, 0.3) is 0 Å². The smallest absolute Gasteiger partial charge is 0.0809 e. The van der Waals surface area contributed by atoms with Crippen LogP contribution in [-0.4, -0.2) is 25.4 Å². The fraction of sp³-hybridized carbons (Fsp3) is 0.875. The zero-order valence-corrected chi connectivity index (χ0v) is 8.57. The van der Waals surface area contributed by atoms with Gasteiger partial charge in [-0.2, -0.15) is 6.42 Å². The molecule has 1 heterocycles. The van der Waals surface area contributed by atoms with Crippen LogP contribution in [0.5, 0.6) is 0 Å². The Labute approximate surface area is 83.5 Å². The molecule has 0 bridgehead atoms. The second kappa shape index (κ2) is 6.18. The maximum absolute atomic E-state index is 5.47. The van der Waals surface area contributed by atoms with Crippen LogP contribution in [0, 0.1) is 6.92 Å². The van der Waals surface area contributed by atoms with E-state index in [2.05, 4.69) is 13.8 Å². The van der Waals surface area contributed by atoms with Crippen LogP contribution in [0.2, 0.25) is 0 Å². The third-order valence-electron chi connectivity index (χ3n) is 1.85. The second-order valence-corrected chi connectivity index (χ2v) is 2.52. The molecule has 1 aliphatic rings. The molecule has 0 spiro atoms. The van der Waals surface area contributed by atoms with Crippen LogP contribution in [0.15, 0.2) is 0 Å². The summed E-state index contributed by atoms with van der Waals surface area (Å²) in [6.45, 7) is 7.39. The summed E-state index contributed by atoms with van der Waals surface area (Å²) in [5, 5.41) is 0. The Bertz CT molecular complexity index is 86.1. The van der Waals surface area contributed by atoms with Crippen molar-refractivity contribution < 1.29 is 31.2 Å². The van der Waals surface area contributed by atoms with Crippen LogP contribution in [0.4, 0.5) is 0 Å². The van der Waals surface area contributed by atoms with Crippen molar-refractivity contribution in [3.8, 4) is 0 Å². The Morgan fingerprint density at radius 2 is 1.82 bits per heavy atom. The summed E-state index contributed by atoms with van der Waals surface area (Å²) in [5.74, 6) is 0. The normalized spacial score (nSPS) is 31.1. The van der Waals surface area contributed by atoms with Gasteiger partial charge in [-0.05, 0) is 6.42 Å². The molecule has 0 saturated carbocycles. The van der Waals surface area contributed by atoms with Gasteiger partial charge in [-0.25, -0.2) is 0 Å². The molecular formula is C8H15O2Ti-.